The molecule has 0 aromatic heterocycles. The molecule has 2 rings (SSSR count). The molecule has 2 aromatic rings. The zero-order valence-corrected chi connectivity index (χ0v) is 14.9. The van der Waals surface area contributed by atoms with Gasteiger partial charge < -0.3 is 14.6 Å². The topological polar surface area (TPSA) is 75.6 Å². The molecule has 0 bridgehead atoms. The van der Waals surface area contributed by atoms with E-state index in [0.717, 1.165) is 0 Å². The van der Waals surface area contributed by atoms with Gasteiger partial charge in [0.2, 0.25) is 0 Å². The van der Waals surface area contributed by atoms with Crippen LogP contribution in [-0.2, 0) is 10.1 Å². The van der Waals surface area contributed by atoms with Crippen LogP contribution in [0.5, 0.6) is 5.75 Å². The van der Waals surface area contributed by atoms with Crippen molar-refractivity contribution >= 4 is 10.1 Å². The van der Waals surface area contributed by atoms with Crippen molar-refractivity contribution in [2.24, 2.45) is 0 Å². The van der Waals surface area contributed by atoms with Gasteiger partial charge in [-0.25, -0.2) is 0 Å². The van der Waals surface area contributed by atoms with Crippen molar-refractivity contribution in [1.82, 2.24) is 5.32 Å². The Labute approximate surface area is 143 Å². The Hall–Kier alpha value is -1.89. The number of aliphatic hydroxyl groups is 1. The molecule has 2 aromatic carbocycles. The lowest BCUT2D eigenvalue weighted by Crippen LogP contribution is -2.38. The van der Waals surface area contributed by atoms with Gasteiger partial charge in [-0.05, 0) is 39.0 Å². The van der Waals surface area contributed by atoms with E-state index in [0.29, 0.717) is 5.56 Å². The van der Waals surface area contributed by atoms with Crippen LogP contribution >= 0.6 is 0 Å². The van der Waals surface area contributed by atoms with Gasteiger partial charge in [-0.3, -0.25) is 0 Å². The molecule has 0 heterocycles. The van der Waals surface area contributed by atoms with Crippen LogP contribution in [0.1, 0.15) is 32.4 Å². The molecule has 1 atom stereocenters. The predicted octanol–water partition coefficient (Wildman–Crippen LogP) is 2.88. The van der Waals surface area contributed by atoms with Crippen molar-refractivity contribution in [1.29, 1.82) is 0 Å². The van der Waals surface area contributed by atoms with Crippen LogP contribution in [0.4, 0.5) is 0 Å². The highest BCUT2D eigenvalue weighted by molar-refractivity contribution is 7.87. The van der Waals surface area contributed by atoms with Gasteiger partial charge in [-0.1, -0.05) is 36.4 Å². The molecular weight excluding hydrogens is 326 g/mol. The van der Waals surface area contributed by atoms with Gasteiger partial charge in [-0.15, -0.1) is 0 Å². The Bertz CT molecular complexity index is 767. The Kier molecular flexibility index (Phi) is 5.64. The van der Waals surface area contributed by atoms with Gasteiger partial charge in [0.25, 0.3) is 0 Å². The maximum atomic E-state index is 12.4. The molecular formula is C18H23NO4S. The van der Waals surface area contributed by atoms with Crippen LogP contribution in [0, 0.1) is 0 Å². The molecule has 0 aliphatic carbocycles. The number of para-hydroxylation sites is 1. The van der Waals surface area contributed by atoms with Crippen LogP contribution in [0.25, 0.3) is 0 Å². The standard InChI is InChI=1S/C18H23NO4S/c1-18(2,3)19-13-16(20)15-11-7-8-12-17(15)23-24(21,22)14-9-5-4-6-10-14/h4-12,16,19-20H,13H2,1-3H3/t16-/m1/s1. The lowest BCUT2D eigenvalue weighted by molar-refractivity contribution is 0.161. The Balaban J connectivity index is 2.23. The lowest BCUT2D eigenvalue weighted by atomic mass is 10.1. The summed E-state index contributed by atoms with van der Waals surface area (Å²) in [6, 6.07) is 14.5. The van der Waals surface area contributed by atoms with E-state index in [4.69, 9.17) is 4.18 Å². The van der Waals surface area contributed by atoms with Gasteiger partial charge in [-0.2, -0.15) is 8.42 Å². The van der Waals surface area contributed by atoms with Gasteiger partial charge in [0, 0.05) is 17.6 Å². The van der Waals surface area contributed by atoms with Crippen LogP contribution in [-0.4, -0.2) is 25.6 Å². The fraction of sp³-hybridized carbons (Fsp3) is 0.333. The van der Waals surface area contributed by atoms with E-state index in [1.165, 1.54) is 18.2 Å². The van der Waals surface area contributed by atoms with Crippen molar-refractivity contribution in [2.45, 2.75) is 37.3 Å². The maximum absolute atomic E-state index is 12.4. The summed E-state index contributed by atoms with van der Waals surface area (Å²) in [5.41, 5.74) is 0.265. The fourth-order valence-electron chi connectivity index (χ4n) is 2.10. The summed E-state index contributed by atoms with van der Waals surface area (Å²) in [5.74, 6) is 0.129. The molecule has 5 nitrogen and oxygen atoms in total. The highest BCUT2D eigenvalue weighted by Gasteiger charge is 2.21. The zero-order valence-electron chi connectivity index (χ0n) is 14.1. The molecule has 2 N–H and O–H groups in total. The first kappa shape index (κ1) is 18.4. The third kappa shape index (κ3) is 5.06. The average molecular weight is 349 g/mol. The monoisotopic (exact) mass is 349 g/mol. The Morgan fingerprint density at radius 3 is 2.25 bits per heavy atom. The average Bonchev–Trinajstić information content (AvgIpc) is 2.53. The number of aliphatic hydroxyl groups excluding tert-OH is 1. The maximum Gasteiger partial charge on any atom is 0.339 e. The lowest BCUT2D eigenvalue weighted by Gasteiger charge is -2.23. The van der Waals surface area contributed by atoms with Gasteiger partial charge in [0.05, 0.1) is 6.10 Å². The molecule has 0 aliphatic rings. The normalized spacial score (nSPS) is 13.5. The minimum Gasteiger partial charge on any atom is -0.387 e. The summed E-state index contributed by atoms with van der Waals surface area (Å²) in [6.45, 7) is 6.25. The highest BCUT2D eigenvalue weighted by atomic mass is 32.2. The number of benzene rings is 2. The molecule has 0 spiro atoms. The van der Waals surface area contributed by atoms with Gasteiger partial charge in [0.1, 0.15) is 10.6 Å². The number of nitrogens with one attached hydrogen (secondary N) is 1. The summed E-state index contributed by atoms with van der Waals surface area (Å²) < 4.78 is 30.0. The van der Waals surface area contributed by atoms with Crippen molar-refractivity contribution in [3.63, 3.8) is 0 Å². The van der Waals surface area contributed by atoms with E-state index in [1.54, 1.807) is 36.4 Å². The second-order valence-electron chi connectivity index (χ2n) is 6.54. The molecule has 0 radical (unpaired) electrons. The van der Waals surface area contributed by atoms with Crippen molar-refractivity contribution in [3.05, 3.63) is 60.2 Å². The van der Waals surface area contributed by atoms with Crippen LogP contribution in [0.2, 0.25) is 0 Å². The van der Waals surface area contributed by atoms with E-state index in [2.05, 4.69) is 5.32 Å². The van der Waals surface area contributed by atoms with Crippen LogP contribution in [0.3, 0.4) is 0 Å². The van der Waals surface area contributed by atoms with Crippen molar-refractivity contribution in [3.8, 4) is 5.75 Å². The summed E-state index contributed by atoms with van der Waals surface area (Å²) in [4.78, 5) is 0.0714. The summed E-state index contributed by atoms with van der Waals surface area (Å²) in [5, 5.41) is 13.6. The molecule has 0 amide bonds. The zero-order chi connectivity index (χ0) is 17.8. The molecule has 24 heavy (non-hydrogen) atoms. The molecule has 6 heteroatoms. The van der Waals surface area contributed by atoms with E-state index in [1.807, 2.05) is 20.8 Å². The largest absolute Gasteiger partial charge is 0.387 e. The minimum absolute atomic E-state index is 0.0714. The number of β-amino-alcohol motifs (C(OH)–C–C–N with tert-alkyl or cyclic N) is 1. The first-order chi connectivity index (χ1) is 11.2. The van der Waals surface area contributed by atoms with E-state index in [9.17, 15) is 13.5 Å². The molecule has 0 unspecified atom stereocenters. The summed E-state index contributed by atoms with van der Waals surface area (Å²) >= 11 is 0. The minimum atomic E-state index is -3.94. The second kappa shape index (κ2) is 7.34. The fourth-order valence-corrected chi connectivity index (χ4v) is 3.07. The Morgan fingerprint density at radius 1 is 1.04 bits per heavy atom. The molecule has 0 saturated carbocycles. The molecule has 0 saturated heterocycles. The number of hydrogen-bond acceptors (Lipinski definition) is 5. The van der Waals surface area contributed by atoms with Gasteiger partial charge >= 0.3 is 10.1 Å². The highest BCUT2D eigenvalue weighted by Crippen LogP contribution is 2.28. The van der Waals surface area contributed by atoms with Crippen LogP contribution < -0.4 is 9.50 Å². The number of hydrogen-bond donors (Lipinski definition) is 2. The summed E-state index contributed by atoms with van der Waals surface area (Å²) in [6.07, 6.45) is -0.883. The molecule has 0 aliphatic heterocycles. The van der Waals surface area contributed by atoms with E-state index < -0.39 is 16.2 Å². The second-order valence-corrected chi connectivity index (χ2v) is 8.08. The third-order valence-corrected chi connectivity index (χ3v) is 4.58. The summed E-state index contributed by atoms with van der Waals surface area (Å²) in [7, 11) is -3.94. The van der Waals surface area contributed by atoms with Crippen molar-refractivity contribution in [2.75, 3.05) is 6.54 Å². The van der Waals surface area contributed by atoms with E-state index in [-0.39, 0.29) is 22.7 Å². The Morgan fingerprint density at radius 2 is 1.62 bits per heavy atom. The van der Waals surface area contributed by atoms with Gasteiger partial charge in [0.15, 0.2) is 0 Å². The predicted molar refractivity (Wildman–Crippen MR) is 93.4 cm³/mol. The van der Waals surface area contributed by atoms with Crippen LogP contribution in [0.15, 0.2) is 59.5 Å². The molecule has 0 fully saturated rings. The number of rotatable bonds is 6. The first-order valence-electron chi connectivity index (χ1n) is 7.70. The smallest absolute Gasteiger partial charge is 0.339 e. The SMILES string of the molecule is CC(C)(C)NC[C@@H](O)c1ccccc1OS(=O)(=O)c1ccccc1. The first-order valence-corrected chi connectivity index (χ1v) is 9.11. The third-order valence-electron chi connectivity index (χ3n) is 3.34. The van der Waals surface area contributed by atoms with E-state index >= 15 is 0 Å². The quantitative estimate of drug-likeness (QED) is 0.784. The van der Waals surface area contributed by atoms with Crippen molar-refractivity contribution < 1.29 is 17.7 Å². The molecule has 130 valence electrons.